The summed E-state index contributed by atoms with van der Waals surface area (Å²) in [6.45, 7) is 0. The number of benzene rings is 2. The molecule has 0 heterocycles. The third kappa shape index (κ3) is 3.06. The molecule has 110 valence electrons. The van der Waals surface area contributed by atoms with Gasteiger partial charge in [-0.1, -0.05) is 18.2 Å². The maximum absolute atomic E-state index is 12.5. The lowest BCUT2D eigenvalue weighted by Gasteiger charge is -2.20. The van der Waals surface area contributed by atoms with Crippen LogP contribution in [0.4, 0.5) is 11.4 Å². The Morgan fingerprint density at radius 1 is 1.14 bits per heavy atom. The Morgan fingerprint density at radius 3 is 2.43 bits per heavy atom. The molecule has 6 nitrogen and oxygen atoms in total. The van der Waals surface area contributed by atoms with Gasteiger partial charge in [-0.25, -0.2) is 8.42 Å². The lowest BCUT2D eigenvalue weighted by atomic mass is 10.3. The third-order valence-electron chi connectivity index (χ3n) is 2.88. The average Bonchev–Trinajstić information content (AvgIpc) is 2.47. The summed E-state index contributed by atoms with van der Waals surface area (Å²) in [5.41, 5.74) is 0.181. The number of halogens is 1. The van der Waals surface area contributed by atoms with Gasteiger partial charge in [0.25, 0.3) is 15.7 Å². The quantitative estimate of drug-likeness (QED) is 0.611. The fourth-order valence-corrected chi connectivity index (χ4v) is 3.67. The van der Waals surface area contributed by atoms with Crippen molar-refractivity contribution in [1.29, 1.82) is 0 Å². The van der Waals surface area contributed by atoms with Gasteiger partial charge >= 0.3 is 0 Å². The minimum atomic E-state index is -3.87. The number of non-ortho nitro benzene ring substituents is 1. The number of para-hydroxylation sites is 1. The van der Waals surface area contributed by atoms with E-state index in [0.717, 1.165) is 10.4 Å². The predicted molar refractivity (Wildman–Crippen MR) is 82.8 cm³/mol. The van der Waals surface area contributed by atoms with E-state index < -0.39 is 14.9 Å². The minimum Gasteiger partial charge on any atom is -0.268 e. The van der Waals surface area contributed by atoms with E-state index in [0.29, 0.717) is 10.2 Å². The molecule has 0 aliphatic heterocycles. The summed E-state index contributed by atoms with van der Waals surface area (Å²) >= 11 is 3.29. The van der Waals surface area contributed by atoms with E-state index in [1.54, 1.807) is 24.3 Å². The summed E-state index contributed by atoms with van der Waals surface area (Å²) in [7, 11) is -2.47. The molecule has 2 aromatic carbocycles. The Morgan fingerprint density at radius 2 is 1.81 bits per heavy atom. The molecule has 0 aliphatic carbocycles. The fourth-order valence-electron chi connectivity index (χ4n) is 1.75. The van der Waals surface area contributed by atoms with Gasteiger partial charge in [0.2, 0.25) is 0 Å². The van der Waals surface area contributed by atoms with E-state index in [-0.39, 0.29) is 10.6 Å². The van der Waals surface area contributed by atoms with Gasteiger partial charge in [-0.05, 0) is 34.1 Å². The first-order valence-electron chi connectivity index (χ1n) is 5.82. The van der Waals surface area contributed by atoms with E-state index in [9.17, 15) is 18.5 Å². The van der Waals surface area contributed by atoms with E-state index >= 15 is 0 Å². The second kappa shape index (κ2) is 5.82. The van der Waals surface area contributed by atoms with Crippen LogP contribution in [-0.4, -0.2) is 20.4 Å². The first-order chi connectivity index (χ1) is 9.84. The molecular weight excluding hydrogens is 360 g/mol. The van der Waals surface area contributed by atoms with Gasteiger partial charge in [-0.3, -0.25) is 14.4 Å². The van der Waals surface area contributed by atoms with Crippen molar-refractivity contribution in [3.63, 3.8) is 0 Å². The summed E-state index contributed by atoms with van der Waals surface area (Å²) in [5, 5.41) is 10.8. The van der Waals surface area contributed by atoms with Crippen LogP contribution >= 0.6 is 15.9 Å². The second-order valence-corrected chi connectivity index (χ2v) is 7.00. The van der Waals surface area contributed by atoms with Crippen molar-refractivity contribution in [2.75, 3.05) is 11.4 Å². The van der Waals surface area contributed by atoms with Gasteiger partial charge in [-0.2, -0.15) is 0 Å². The number of rotatable bonds is 4. The highest BCUT2D eigenvalue weighted by atomic mass is 79.9. The van der Waals surface area contributed by atoms with Crippen molar-refractivity contribution >= 4 is 37.3 Å². The van der Waals surface area contributed by atoms with Crippen molar-refractivity contribution in [3.8, 4) is 0 Å². The molecule has 0 fully saturated rings. The Balaban J connectivity index is 2.50. The molecule has 0 amide bonds. The summed E-state index contributed by atoms with van der Waals surface area (Å²) in [5.74, 6) is 0. The molecule has 21 heavy (non-hydrogen) atoms. The van der Waals surface area contributed by atoms with Crippen LogP contribution in [0.2, 0.25) is 0 Å². The largest absolute Gasteiger partial charge is 0.270 e. The summed E-state index contributed by atoms with van der Waals surface area (Å²) in [6.07, 6.45) is 0. The maximum atomic E-state index is 12.5. The van der Waals surface area contributed by atoms with E-state index in [4.69, 9.17) is 0 Å². The third-order valence-corrected chi connectivity index (χ3v) is 5.32. The smallest absolute Gasteiger partial charge is 0.268 e. The molecule has 0 bridgehead atoms. The second-order valence-electron chi connectivity index (χ2n) is 4.18. The van der Waals surface area contributed by atoms with Gasteiger partial charge in [0, 0.05) is 23.7 Å². The maximum Gasteiger partial charge on any atom is 0.270 e. The zero-order valence-electron chi connectivity index (χ0n) is 10.9. The number of nitro groups is 1. The van der Waals surface area contributed by atoms with Crippen LogP contribution < -0.4 is 4.31 Å². The van der Waals surface area contributed by atoms with Crippen LogP contribution in [0.15, 0.2) is 57.9 Å². The number of hydrogen-bond acceptors (Lipinski definition) is 4. The van der Waals surface area contributed by atoms with Gasteiger partial charge in [0.1, 0.15) is 0 Å². The van der Waals surface area contributed by atoms with E-state index in [1.165, 1.54) is 25.2 Å². The van der Waals surface area contributed by atoms with Crippen LogP contribution in [0, 0.1) is 10.1 Å². The molecule has 0 aromatic heterocycles. The topological polar surface area (TPSA) is 80.5 Å². The van der Waals surface area contributed by atoms with Crippen LogP contribution in [0.1, 0.15) is 0 Å². The molecule has 2 rings (SSSR count). The van der Waals surface area contributed by atoms with Crippen molar-refractivity contribution in [3.05, 3.63) is 63.1 Å². The van der Waals surface area contributed by atoms with Crippen LogP contribution in [-0.2, 0) is 10.0 Å². The molecule has 0 radical (unpaired) electrons. The molecule has 0 aliphatic rings. The SMILES string of the molecule is CN(c1ccccc1Br)S(=O)(=O)c1cccc([N+](=O)[O-])c1. The number of hydrogen-bond donors (Lipinski definition) is 0. The highest BCUT2D eigenvalue weighted by Gasteiger charge is 2.24. The van der Waals surface area contributed by atoms with Crippen molar-refractivity contribution in [2.24, 2.45) is 0 Å². The number of sulfonamides is 1. The highest BCUT2D eigenvalue weighted by Crippen LogP contribution is 2.30. The molecule has 0 N–H and O–H groups in total. The van der Waals surface area contributed by atoms with Crippen molar-refractivity contribution in [1.82, 2.24) is 0 Å². The number of nitrogens with zero attached hydrogens (tertiary/aromatic N) is 2. The predicted octanol–water partition coefficient (Wildman–Crippen LogP) is 3.18. The van der Waals surface area contributed by atoms with Gasteiger partial charge in [0.05, 0.1) is 15.5 Å². The van der Waals surface area contributed by atoms with Crippen LogP contribution in [0.3, 0.4) is 0 Å². The molecule has 0 spiro atoms. The molecular formula is C13H11BrN2O4S. The molecule has 0 unspecified atom stereocenters. The Labute approximate surface area is 130 Å². The van der Waals surface area contributed by atoms with Crippen LogP contribution in [0.25, 0.3) is 0 Å². The molecule has 2 aromatic rings. The molecule has 0 saturated carbocycles. The first-order valence-corrected chi connectivity index (χ1v) is 8.05. The average molecular weight is 371 g/mol. The molecule has 0 atom stereocenters. The van der Waals surface area contributed by atoms with E-state index in [1.807, 2.05) is 0 Å². The van der Waals surface area contributed by atoms with Gasteiger partial charge in [-0.15, -0.1) is 0 Å². The van der Waals surface area contributed by atoms with Gasteiger partial charge < -0.3 is 0 Å². The Kier molecular flexibility index (Phi) is 4.29. The Hall–Kier alpha value is -1.93. The number of nitro benzene ring substituents is 1. The molecule has 0 saturated heterocycles. The zero-order chi connectivity index (χ0) is 15.6. The van der Waals surface area contributed by atoms with Crippen molar-refractivity contribution < 1.29 is 13.3 Å². The van der Waals surface area contributed by atoms with Gasteiger partial charge in [0.15, 0.2) is 0 Å². The lowest BCUT2D eigenvalue weighted by Crippen LogP contribution is -2.26. The lowest BCUT2D eigenvalue weighted by molar-refractivity contribution is -0.385. The van der Waals surface area contributed by atoms with Crippen LogP contribution in [0.5, 0.6) is 0 Å². The van der Waals surface area contributed by atoms with E-state index in [2.05, 4.69) is 15.9 Å². The highest BCUT2D eigenvalue weighted by molar-refractivity contribution is 9.10. The fraction of sp³-hybridized carbons (Fsp3) is 0.0769. The zero-order valence-corrected chi connectivity index (χ0v) is 13.3. The summed E-state index contributed by atoms with van der Waals surface area (Å²) in [6, 6.07) is 11.8. The van der Waals surface area contributed by atoms with Crippen molar-refractivity contribution in [2.45, 2.75) is 4.90 Å². The standard InChI is InChI=1S/C13H11BrN2O4S/c1-15(13-8-3-2-7-12(13)14)21(19,20)11-6-4-5-10(9-11)16(17)18/h2-9H,1H3. The first kappa shape index (κ1) is 15.5. The number of anilines is 1. The Bertz CT molecular complexity index is 792. The monoisotopic (exact) mass is 370 g/mol. The summed E-state index contributed by atoms with van der Waals surface area (Å²) in [4.78, 5) is 10.0. The minimum absolute atomic E-state index is 0.130. The summed E-state index contributed by atoms with van der Waals surface area (Å²) < 4.78 is 26.8. The normalized spacial score (nSPS) is 11.1. The molecule has 8 heteroatoms.